The van der Waals surface area contributed by atoms with Crippen LogP contribution in [0.4, 0.5) is 5.69 Å². The second kappa shape index (κ2) is 7.92. The van der Waals surface area contributed by atoms with Gasteiger partial charge in [-0.05, 0) is 29.8 Å². The van der Waals surface area contributed by atoms with Crippen LogP contribution < -0.4 is 9.46 Å². The Hall–Kier alpha value is -3.32. The molecule has 0 aliphatic carbocycles. The Kier molecular flexibility index (Phi) is 5.42. The van der Waals surface area contributed by atoms with Gasteiger partial charge >= 0.3 is 5.97 Å². The fourth-order valence-corrected chi connectivity index (χ4v) is 3.69. The maximum absolute atomic E-state index is 12.5. The molecule has 0 aliphatic rings. The van der Waals surface area contributed by atoms with E-state index in [2.05, 4.69) is 4.72 Å². The van der Waals surface area contributed by atoms with E-state index in [1.165, 1.54) is 18.2 Å². The van der Waals surface area contributed by atoms with E-state index in [9.17, 15) is 18.3 Å². The van der Waals surface area contributed by atoms with Gasteiger partial charge in [-0.1, -0.05) is 48.5 Å². The molecule has 0 atom stereocenters. The summed E-state index contributed by atoms with van der Waals surface area (Å²) >= 11 is 0. The fraction of sp³-hybridized carbons (Fsp3) is 0.0500. The average Bonchev–Trinajstić information content (AvgIpc) is 2.62. The highest BCUT2D eigenvalue weighted by molar-refractivity contribution is 7.91. The minimum atomic E-state index is -3.80. The molecule has 0 radical (unpaired) electrons. The molecule has 3 rings (SSSR count). The van der Waals surface area contributed by atoms with Gasteiger partial charge in [0.1, 0.15) is 11.5 Å². The van der Waals surface area contributed by atoms with Crippen molar-refractivity contribution in [3.63, 3.8) is 0 Å². The number of hydrogen-bond acceptors (Lipinski definition) is 4. The predicted molar refractivity (Wildman–Crippen MR) is 103 cm³/mol. The quantitative estimate of drug-likeness (QED) is 0.640. The van der Waals surface area contributed by atoms with Crippen LogP contribution in [0.15, 0.2) is 78.9 Å². The van der Waals surface area contributed by atoms with Crippen molar-refractivity contribution in [3.05, 3.63) is 90.0 Å². The minimum absolute atomic E-state index is 0.0492. The van der Waals surface area contributed by atoms with Crippen LogP contribution in [0.2, 0.25) is 0 Å². The molecule has 0 spiro atoms. The van der Waals surface area contributed by atoms with E-state index in [1.54, 1.807) is 54.6 Å². The van der Waals surface area contributed by atoms with Crippen LogP contribution in [-0.2, 0) is 15.8 Å². The van der Waals surface area contributed by atoms with Gasteiger partial charge in [0.25, 0.3) is 0 Å². The first-order chi connectivity index (χ1) is 12.9. The van der Waals surface area contributed by atoms with Crippen LogP contribution in [0.1, 0.15) is 15.9 Å². The number of carboxylic acid groups (broad SMARTS) is 1. The SMILES string of the molecule is O=C(O)c1ccc(Oc2ccccc2)cc1NS(=O)(=O)Cc1ccccc1. The van der Waals surface area contributed by atoms with Gasteiger partial charge in [0.05, 0.1) is 17.0 Å². The third-order valence-electron chi connectivity index (χ3n) is 3.67. The Labute approximate surface area is 157 Å². The lowest BCUT2D eigenvalue weighted by Gasteiger charge is -2.13. The molecule has 0 aromatic heterocycles. The second-order valence-electron chi connectivity index (χ2n) is 5.77. The lowest BCUT2D eigenvalue weighted by atomic mass is 10.2. The summed E-state index contributed by atoms with van der Waals surface area (Å²) in [4.78, 5) is 11.5. The van der Waals surface area contributed by atoms with Gasteiger partial charge < -0.3 is 9.84 Å². The number of nitrogens with one attached hydrogen (secondary N) is 1. The molecule has 0 heterocycles. The summed E-state index contributed by atoms with van der Waals surface area (Å²) in [5, 5.41) is 9.36. The zero-order chi connectivity index (χ0) is 19.3. The smallest absolute Gasteiger partial charge is 0.337 e. The minimum Gasteiger partial charge on any atom is -0.478 e. The van der Waals surface area contributed by atoms with Crippen LogP contribution in [0, 0.1) is 0 Å². The number of ether oxygens (including phenoxy) is 1. The van der Waals surface area contributed by atoms with Crippen molar-refractivity contribution in [1.29, 1.82) is 0 Å². The Morgan fingerprint density at radius 1 is 0.889 bits per heavy atom. The van der Waals surface area contributed by atoms with Crippen LogP contribution in [0.3, 0.4) is 0 Å². The number of hydrogen-bond donors (Lipinski definition) is 2. The van der Waals surface area contributed by atoms with Crippen molar-refractivity contribution >= 4 is 21.7 Å². The monoisotopic (exact) mass is 383 g/mol. The largest absolute Gasteiger partial charge is 0.478 e. The van der Waals surface area contributed by atoms with Crippen molar-refractivity contribution < 1.29 is 23.1 Å². The summed E-state index contributed by atoms with van der Waals surface area (Å²) in [6.07, 6.45) is 0. The summed E-state index contributed by atoms with van der Waals surface area (Å²) in [7, 11) is -3.80. The Morgan fingerprint density at radius 3 is 2.15 bits per heavy atom. The molecule has 0 aliphatic heterocycles. The number of para-hydroxylation sites is 1. The molecule has 3 aromatic rings. The number of rotatable bonds is 7. The van der Waals surface area contributed by atoms with Gasteiger partial charge in [-0.2, -0.15) is 0 Å². The number of carbonyl (C=O) groups is 1. The van der Waals surface area contributed by atoms with E-state index >= 15 is 0 Å². The van der Waals surface area contributed by atoms with Crippen molar-refractivity contribution in [2.24, 2.45) is 0 Å². The number of aromatic carboxylic acids is 1. The molecule has 0 saturated heterocycles. The van der Waals surface area contributed by atoms with Gasteiger partial charge in [-0.15, -0.1) is 0 Å². The van der Waals surface area contributed by atoms with Crippen molar-refractivity contribution in [2.45, 2.75) is 5.75 Å². The first-order valence-electron chi connectivity index (χ1n) is 8.08. The fourth-order valence-electron chi connectivity index (χ4n) is 2.48. The Morgan fingerprint density at radius 2 is 1.52 bits per heavy atom. The third-order valence-corrected chi connectivity index (χ3v) is 4.91. The van der Waals surface area contributed by atoms with E-state index in [4.69, 9.17) is 4.74 Å². The van der Waals surface area contributed by atoms with E-state index in [0.29, 0.717) is 17.1 Å². The predicted octanol–water partition coefficient (Wildman–Crippen LogP) is 4.12. The number of benzene rings is 3. The lowest BCUT2D eigenvalue weighted by Crippen LogP contribution is -2.17. The normalized spacial score (nSPS) is 11.0. The first kappa shape index (κ1) is 18.5. The molecule has 0 unspecified atom stereocenters. The molecule has 27 heavy (non-hydrogen) atoms. The second-order valence-corrected chi connectivity index (χ2v) is 7.50. The molecule has 2 N–H and O–H groups in total. The van der Waals surface area contributed by atoms with Gasteiger partial charge in [0, 0.05) is 6.07 Å². The topological polar surface area (TPSA) is 92.7 Å². The van der Waals surface area contributed by atoms with Crippen molar-refractivity contribution in [1.82, 2.24) is 0 Å². The maximum atomic E-state index is 12.5. The molecule has 0 saturated carbocycles. The van der Waals surface area contributed by atoms with Crippen molar-refractivity contribution in [2.75, 3.05) is 4.72 Å². The molecule has 3 aromatic carbocycles. The van der Waals surface area contributed by atoms with E-state index in [-0.39, 0.29) is 17.0 Å². The highest BCUT2D eigenvalue weighted by Crippen LogP contribution is 2.28. The standard InChI is InChI=1S/C20H17NO5S/c22-20(23)18-12-11-17(26-16-9-5-2-6-10-16)13-19(18)21-27(24,25)14-15-7-3-1-4-8-15/h1-13,21H,14H2,(H,22,23). The first-order valence-corrected chi connectivity index (χ1v) is 9.73. The van der Waals surface area contributed by atoms with Crippen LogP contribution >= 0.6 is 0 Å². The summed E-state index contributed by atoms with van der Waals surface area (Å²) in [6, 6.07) is 21.7. The van der Waals surface area contributed by atoms with E-state index in [0.717, 1.165) is 0 Å². The molecule has 0 bridgehead atoms. The molecule has 7 heteroatoms. The Bertz CT molecular complexity index is 1030. The summed E-state index contributed by atoms with van der Waals surface area (Å²) in [5.74, 6) is -0.627. The molecular weight excluding hydrogens is 366 g/mol. The molecule has 138 valence electrons. The van der Waals surface area contributed by atoms with Crippen LogP contribution in [-0.4, -0.2) is 19.5 Å². The number of anilines is 1. The maximum Gasteiger partial charge on any atom is 0.337 e. The van der Waals surface area contributed by atoms with Crippen LogP contribution in [0.5, 0.6) is 11.5 Å². The Balaban J connectivity index is 1.87. The zero-order valence-electron chi connectivity index (χ0n) is 14.2. The van der Waals surface area contributed by atoms with Gasteiger partial charge in [-0.25, -0.2) is 13.2 Å². The summed E-state index contributed by atoms with van der Waals surface area (Å²) in [5.41, 5.74) is 0.387. The lowest BCUT2D eigenvalue weighted by molar-refractivity contribution is 0.0698. The van der Waals surface area contributed by atoms with Crippen LogP contribution in [0.25, 0.3) is 0 Å². The average molecular weight is 383 g/mol. The molecule has 0 amide bonds. The van der Waals surface area contributed by atoms with Crippen molar-refractivity contribution in [3.8, 4) is 11.5 Å². The molecule has 6 nitrogen and oxygen atoms in total. The number of carboxylic acids is 1. The van der Waals surface area contributed by atoms with E-state index < -0.39 is 16.0 Å². The number of sulfonamides is 1. The molecular formula is C20H17NO5S. The van der Waals surface area contributed by atoms with Gasteiger partial charge in [0.2, 0.25) is 10.0 Å². The third kappa shape index (κ3) is 5.08. The highest BCUT2D eigenvalue weighted by Gasteiger charge is 2.18. The molecule has 0 fully saturated rings. The van der Waals surface area contributed by atoms with Gasteiger partial charge in [-0.3, -0.25) is 4.72 Å². The van der Waals surface area contributed by atoms with Gasteiger partial charge in [0.15, 0.2) is 0 Å². The highest BCUT2D eigenvalue weighted by atomic mass is 32.2. The summed E-state index contributed by atoms with van der Waals surface area (Å²) in [6.45, 7) is 0. The van der Waals surface area contributed by atoms with E-state index in [1.807, 2.05) is 6.07 Å². The summed E-state index contributed by atoms with van der Waals surface area (Å²) < 4.78 is 33.0. The zero-order valence-corrected chi connectivity index (χ0v) is 15.0.